The van der Waals surface area contributed by atoms with Crippen LogP contribution in [0.3, 0.4) is 0 Å². The maximum atomic E-state index is 12.2. The molecule has 1 heterocycles. The highest BCUT2D eigenvalue weighted by atomic mass is 35.5. The van der Waals surface area contributed by atoms with E-state index in [0.717, 1.165) is 11.3 Å². The number of rotatable bonds is 4. The largest absolute Gasteiger partial charge is 0.497 e. The third-order valence-electron chi connectivity index (χ3n) is 3.24. The molecule has 5 nitrogen and oxygen atoms in total. The molecule has 22 heavy (non-hydrogen) atoms. The lowest BCUT2D eigenvalue weighted by Gasteiger charge is -2.06. The van der Waals surface area contributed by atoms with Crippen LogP contribution < -0.4 is 10.1 Å². The molecule has 0 radical (unpaired) electrons. The van der Waals surface area contributed by atoms with E-state index < -0.39 is 0 Å². The highest BCUT2D eigenvalue weighted by Crippen LogP contribution is 2.20. The number of ether oxygens (including phenoxy) is 1. The SMILES string of the molecule is COc1ccc(CNC(=O)c2ccc3nc(Cl)oc3c2)cc1. The summed E-state index contributed by atoms with van der Waals surface area (Å²) in [6.45, 7) is 0.429. The molecule has 0 atom stereocenters. The van der Waals surface area contributed by atoms with E-state index in [2.05, 4.69) is 10.3 Å². The fraction of sp³-hybridized carbons (Fsp3) is 0.125. The summed E-state index contributed by atoms with van der Waals surface area (Å²) in [4.78, 5) is 16.1. The third-order valence-corrected chi connectivity index (χ3v) is 3.40. The Kier molecular flexibility index (Phi) is 3.98. The number of aromatic nitrogens is 1. The van der Waals surface area contributed by atoms with Gasteiger partial charge in [0.15, 0.2) is 5.58 Å². The molecule has 2 aromatic carbocycles. The second kappa shape index (κ2) is 6.07. The lowest BCUT2D eigenvalue weighted by Crippen LogP contribution is -2.22. The number of benzene rings is 2. The van der Waals surface area contributed by atoms with E-state index in [4.69, 9.17) is 20.8 Å². The van der Waals surface area contributed by atoms with Gasteiger partial charge in [0.05, 0.1) is 7.11 Å². The first-order chi connectivity index (χ1) is 10.7. The van der Waals surface area contributed by atoms with Crippen LogP contribution in [0.25, 0.3) is 11.1 Å². The van der Waals surface area contributed by atoms with Crippen molar-refractivity contribution in [2.24, 2.45) is 0 Å². The number of nitrogens with one attached hydrogen (secondary N) is 1. The summed E-state index contributed by atoms with van der Waals surface area (Å²) in [5.41, 5.74) is 2.59. The van der Waals surface area contributed by atoms with E-state index in [1.54, 1.807) is 25.3 Å². The van der Waals surface area contributed by atoms with Crippen molar-refractivity contribution in [3.05, 3.63) is 58.9 Å². The van der Waals surface area contributed by atoms with Gasteiger partial charge >= 0.3 is 0 Å². The van der Waals surface area contributed by atoms with Gasteiger partial charge in [0.2, 0.25) is 0 Å². The Balaban J connectivity index is 1.69. The molecule has 0 saturated heterocycles. The van der Waals surface area contributed by atoms with Gasteiger partial charge in [-0.2, -0.15) is 4.98 Å². The van der Waals surface area contributed by atoms with Crippen molar-refractivity contribution in [3.63, 3.8) is 0 Å². The van der Waals surface area contributed by atoms with Gasteiger partial charge in [0.25, 0.3) is 11.3 Å². The van der Waals surface area contributed by atoms with Gasteiger partial charge in [-0.15, -0.1) is 0 Å². The first kappa shape index (κ1) is 14.4. The molecule has 1 N–H and O–H groups in total. The Morgan fingerprint density at radius 2 is 2.05 bits per heavy atom. The van der Waals surface area contributed by atoms with Crippen molar-refractivity contribution in [2.75, 3.05) is 7.11 Å². The van der Waals surface area contributed by atoms with Crippen molar-refractivity contribution in [2.45, 2.75) is 6.54 Å². The molecule has 1 amide bonds. The molecular formula is C16H13ClN2O3. The zero-order chi connectivity index (χ0) is 15.5. The van der Waals surface area contributed by atoms with Gasteiger partial charge in [-0.1, -0.05) is 12.1 Å². The Labute approximate surface area is 131 Å². The summed E-state index contributed by atoms with van der Waals surface area (Å²) in [5.74, 6) is 0.591. The summed E-state index contributed by atoms with van der Waals surface area (Å²) in [6, 6.07) is 12.5. The van der Waals surface area contributed by atoms with Crippen LogP contribution in [0.5, 0.6) is 5.75 Å². The van der Waals surface area contributed by atoms with Crippen LogP contribution in [-0.4, -0.2) is 18.0 Å². The monoisotopic (exact) mass is 316 g/mol. The van der Waals surface area contributed by atoms with Gasteiger partial charge in [-0.25, -0.2) is 0 Å². The number of carbonyl (C=O) groups is 1. The van der Waals surface area contributed by atoms with Gasteiger partial charge in [0, 0.05) is 12.1 Å². The minimum absolute atomic E-state index is 0.0609. The van der Waals surface area contributed by atoms with Crippen molar-refractivity contribution in [1.82, 2.24) is 10.3 Å². The van der Waals surface area contributed by atoms with Crippen LogP contribution >= 0.6 is 11.6 Å². The van der Waals surface area contributed by atoms with Gasteiger partial charge in [0.1, 0.15) is 11.3 Å². The van der Waals surface area contributed by atoms with E-state index in [9.17, 15) is 4.79 Å². The summed E-state index contributed by atoms with van der Waals surface area (Å²) in [7, 11) is 1.61. The minimum Gasteiger partial charge on any atom is -0.497 e. The normalized spacial score (nSPS) is 10.6. The maximum absolute atomic E-state index is 12.2. The number of carbonyl (C=O) groups excluding carboxylic acids is 1. The lowest BCUT2D eigenvalue weighted by molar-refractivity contribution is 0.0951. The fourth-order valence-electron chi connectivity index (χ4n) is 2.07. The second-order valence-electron chi connectivity index (χ2n) is 4.68. The molecule has 6 heteroatoms. The quantitative estimate of drug-likeness (QED) is 0.801. The van der Waals surface area contributed by atoms with E-state index in [-0.39, 0.29) is 11.3 Å². The van der Waals surface area contributed by atoms with E-state index in [0.29, 0.717) is 23.2 Å². The number of methoxy groups -OCH3 is 1. The third kappa shape index (κ3) is 3.04. The van der Waals surface area contributed by atoms with Crippen molar-refractivity contribution in [1.29, 1.82) is 0 Å². The Hall–Kier alpha value is -2.53. The predicted octanol–water partition coefficient (Wildman–Crippen LogP) is 3.42. The molecule has 0 aliphatic heterocycles. The summed E-state index contributed by atoms with van der Waals surface area (Å²) in [5, 5.41) is 2.91. The second-order valence-corrected chi connectivity index (χ2v) is 5.00. The van der Waals surface area contributed by atoms with Gasteiger partial charge < -0.3 is 14.5 Å². The number of hydrogen-bond acceptors (Lipinski definition) is 4. The number of hydrogen-bond donors (Lipinski definition) is 1. The zero-order valence-corrected chi connectivity index (χ0v) is 12.6. The highest BCUT2D eigenvalue weighted by molar-refractivity contribution is 6.28. The highest BCUT2D eigenvalue weighted by Gasteiger charge is 2.09. The summed E-state index contributed by atoms with van der Waals surface area (Å²) < 4.78 is 10.3. The minimum atomic E-state index is -0.190. The smallest absolute Gasteiger partial charge is 0.293 e. The van der Waals surface area contributed by atoms with Gasteiger partial charge in [-0.3, -0.25) is 4.79 Å². The standard InChI is InChI=1S/C16H13ClN2O3/c1-21-12-5-2-10(3-6-12)9-18-15(20)11-4-7-13-14(8-11)22-16(17)19-13/h2-8H,9H2,1H3,(H,18,20). The molecule has 1 aromatic heterocycles. The van der Waals surface area contributed by atoms with Crippen LogP contribution in [0.2, 0.25) is 5.35 Å². The van der Waals surface area contributed by atoms with E-state index in [1.807, 2.05) is 24.3 Å². The molecule has 0 aliphatic carbocycles. The Morgan fingerprint density at radius 1 is 1.27 bits per heavy atom. The van der Waals surface area contributed by atoms with Crippen molar-refractivity contribution < 1.29 is 13.9 Å². The van der Waals surface area contributed by atoms with E-state index >= 15 is 0 Å². The molecule has 0 spiro atoms. The molecule has 0 saturated carbocycles. The van der Waals surface area contributed by atoms with Crippen LogP contribution in [0, 0.1) is 0 Å². The average Bonchev–Trinajstić information content (AvgIpc) is 2.92. The van der Waals surface area contributed by atoms with Crippen LogP contribution in [-0.2, 0) is 6.54 Å². The Bertz CT molecular complexity index is 812. The Morgan fingerprint density at radius 3 is 2.77 bits per heavy atom. The number of amides is 1. The maximum Gasteiger partial charge on any atom is 0.293 e. The van der Waals surface area contributed by atoms with Crippen molar-refractivity contribution in [3.8, 4) is 5.75 Å². The van der Waals surface area contributed by atoms with E-state index in [1.165, 1.54) is 0 Å². The van der Waals surface area contributed by atoms with Crippen LogP contribution in [0.4, 0.5) is 0 Å². The topological polar surface area (TPSA) is 64.4 Å². The summed E-state index contributed by atoms with van der Waals surface area (Å²) in [6.07, 6.45) is 0. The average molecular weight is 317 g/mol. The molecule has 0 bridgehead atoms. The molecule has 0 unspecified atom stereocenters. The molecule has 0 aliphatic rings. The lowest BCUT2D eigenvalue weighted by atomic mass is 10.1. The zero-order valence-electron chi connectivity index (χ0n) is 11.8. The molecule has 112 valence electrons. The van der Waals surface area contributed by atoms with Crippen LogP contribution in [0.15, 0.2) is 46.9 Å². The number of halogens is 1. The molecular weight excluding hydrogens is 304 g/mol. The predicted molar refractivity (Wildman–Crippen MR) is 83.2 cm³/mol. The number of oxazole rings is 1. The molecule has 3 aromatic rings. The molecule has 0 fully saturated rings. The van der Waals surface area contributed by atoms with Crippen LogP contribution in [0.1, 0.15) is 15.9 Å². The molecule has 3 rings (SSSR count). The van der Waals surface area contributed by atoms with Gasteiger partial charge in [-0.05, 0) is 47.5 Å². The fourth-order valence-corrected chi connectivity index (χ4v) is 2.24. The first-order valence-electron chi connectivity index (χ1n) is 6.63. The number of fused-ring (bicyclic) bond motifs is 1. The summed E-state index contributed by atoms with van der Waals surface area (Å²) >= 11 is 5.69. The first-order valence-corrected chi connectivity index (χ1v) is 7.01. The number of nitrogens with zero attached hydrogens (tertiary/aromatic N) is 1. The van der Waals surface area contributed by atoms with Crippen molar-refractivity contribution >= 4 is 28.6 Å².